The first-order chi connectivity index (χ1) is 14.0. The molecule has 3 aliphatic rings. The summed E-state index contributed by atoms with van der Waals surface area (Å²) in [5.74, 6) is 0.0905. The maximum atomic E-state index is 13.3. The Morgan fingerprint density at radius 2 is 1.79 bits per heavy atom. The van der Waals surface area contributed by atoms with Gasteiger partial charge in [-0.1, -0.05) is 32.1 Å². The molecule has 3 rings (SSSR count). The molecule has 1 aliphatic carbocycles. The quantitative estimate of drug-likeness (QED) is 0.731. The summed E-state index contributed by atoms with van der Waals surface area (Å²) in [5, 5.41) is 12.9. The van der Waals surface area contributed by atoms with Crippen molar-refractivity contribution in [1.29, 1.82) is 5.26 Å². The molecule has 0 radical (unpaired) electrons. The number of amides is 2. The van der Waals surface area contributed by atoms with Gasteiger partial charge in [0.15, 0.2) is 0 Å². The third-order valence-electron chi connectivity index (χ3n) is 6.92. The highest BCUT2D eigenvalue weighted by molar-refractivity contribution is 5.86. The molecule has 2 saturated heterocycles. The molecule has 1 saturated carbocycles. The number of carbonyl (C=O) groups is 2. The van der Waals surface area contributed by atoms with Crippen molar-refractivity contribution in [2.75, 3.05) is 46.4 Å². The van der Waals surface area contributed by atoms with E-state index in [1.807, 2.05) is 11.9 Å². The van der Waals surface area contributed by atoms with Crippen LogP contribution in [0.4, 0.5) is 0 Å². The highest BCUT2D eigenvalue weighted by atomic mass is 16.5. The Morgan fingerprint density at radius 1 is 1.14 bits per heavy atom. The van der Waals surface area contributed by atoms with E-state index in [0.717, 1.165) is 32.4 Å². The SMILES string of the molecule is CN1CCC(C#N)(NC(=O)[C@@H](CC(=O)N2CCOCC2)CC2CCCCC2)CC1. The monoisotopic (exact) mass is 404 g/mol. The van der Waals surface area contributed by atoms with Gasteiger partial charge in [0.05, 0.1) is 19.3 Å². The van der Waals surface area contributed by atoms with Gasteiger partial charge in [0.2, 0.25) is 11.8 Å². The maximum absolute atomic E-state index is 13.3. The average Bonchev–Trinajstić information content (AvgIpc) is 2.76. The third kappa shape index (κ3) is 6.16. The number of nitrogens with zero attached hydrogens (tertiary/aromatic N) is 3. The van der Waals surface area contributed by atoms with E-state index in [1.54, 1.807) is 0 Å². The van der Waals surface area contributed by atoms with Crippen molar-refractivity contribution in [3.8, 4) is 6.07 Å². The average molecular weight is 405 g/mol. The van der Waals surface area contributed by atoms with Crippen molar-refractivity contribution in [3.05, 3.63) is 0 Å². The molecule has 7 heteroatoms. The molecular weight excluding hydrogens is 368 g/mol. The minimum absolute atomic E-state index is 0.0404. The van der Waals surface area contributed by atoms with Gasteiger partial charge in [0.1, 0.15) is 5.54 Å². The van der Waals surface area contributed by atoms with Crippen LogP contribution in [0.1, 0.15) is 57.8 Å². The van der Waals surface area contributed by atoms with Crippen molar-refractivity contribution in [2.24, 2.45) is 11.8 Å². The molecule has 0 aromatic rings. The Morgan fingerprint density at radius 3 is 2.41 bits per heavy atom. The second kappa shape index (κ2) is 10.4. The van der Waals surface area contributed by atoms with Gasteiger partial charge in [-0.25, -0.2) is 0 Å². The van der Waals surface area contributed by atoms with Crippen LogP contribution in [0.2, 0.25) is 0 Å². The zero-order valence-corrected chi connectivity index (χ0v) is 17.8. The summed E-state index contributed by atoms with van der Waals surface area (Å²) in [4.78, 5) is 30.1. The number of likely N-dealkylation sites (tertiary alicyclic amines) is 1. The second-order valence-corrected chi connectivity index (χ2v) is 9.12. The minimum atomic E-state index is -0.795. The Labute approximate surface area is 174 Å². The number of hydrogen-bond donors (Lipinski definition) is 1. The van der Waals surface area contributed by atoms with E-state index < -0.39 is 5.54 Å². The highest BCUT2D eigenvalue weighted by Gasteiger charge is 2.38. The first-order valence-electron chi connectivity index (χ1n) is 11.3. The third-order valence-corrected chi connectivity index (χ3v) is 6.92. The summed E-state index contributed by atoms with van der Waals surface area (Å²) >= 11 is 0. The molecular formula is C22H36N4O3. The lowest BCUT2D eigenvalue weighted by molar-refractivity contribution is -0.140. The van der Waals surface area contributed by atoms with Crippen molar-refractivity contribution in [3.63, 3.8) is 0 Å². The van der Waals surface area contributed by atoms with Gasteiger partial charge in [-0.3, -0.25) is 9.59 Å². The summed E-state index contributed by atoms with van der Waals surface area (Å²) in [5.41, 5.74) is -0.795. The van der Waals surface area contributed by atoms with Crippen LogP contribution < -0.4 is 5.32 Å². The molecule has 3 fully saturated rings. The van der Waals surface area contributed by atoms with Crippen molar-refractivity contribution in [1.82, 2.24) is 15.1 Å². The van der Waals surface area contributed by atoms with Gasteiger partial charge in [-0.15, -0.1) is 0 Å². The Balaban J connectivity index is 1.66. The van der Waals surface area contributed by atoms with Crippen LogP contribution >= 0.6 is 0 Å². The topological polar surface area (TPSA) is 85.7 Å². The molecule has 2 amide bonds. The van der Waals surface area contributed by atoms with Gasteiger partial charge in [-0.05, 0) is 32.2 Å². The van der Waals surface area contributed by atoms with E-state index in [1.165, 1.54) is 19.3 Å². The number of nitriles is 1. The molecule has 7 nitrogen and oxygen atoms in total. The fourth-order valence-electron chi connectivity index (χ4n) is 4.86. The van der Waals surface area contributed by atoms with E-state index in [2.05, 4.69) is 16.3 Å². The lowest BCUT2D eigenvalue weighted by Crippen LogP contribution is -2.55. The molecule has 162 valence electrons. The highest BCUT2D eigenvalue weighted by Crippen LogP contribution is 2.31. The second-order valence-electron chi connectivity index (χ2n) is 9.12. The van der Waals surface area contributed by atoms with Crippen molar-refractivity contribution in [2.45, 2.75) is 63.3 Å². The first-order valence-corrected chi connectivity index (χ1v) is 11.3. The van der Waals surface area contributed by atoms with E-state index in [-0.39, 0.29) is 24.2 Å². The van der Waals surface area contributed by atoms with Crippen LogP contribution in [0.5, 0.6) is 0 Å². The van der Waals surface area contributed by atoms with E-state index in [0.29, 0.717) is 45.1 Å². The van der Waals surface area contributed by atoms with Crippen LogP contribution in [0, 0.1) is 23.2 Å². The Hall–Kier alpha value is -1.65. The summed E-state index contributed by atoms with van der Waals surface area (Å²) < 4.78 is 5.35. The van der Waals surface area contributed by atoms with Gasteiger partial charge < -0.3 is 19.9 Å². The van der Waals surface area contributed by atoms with E-state index in [9.17, 15) is 14.9 Å². The molecule has 0 aromatic heterocycles. The Bertz CT molecular complexity index is 598. The van der Waals surface area contributed by atoms with Crippen LogP contribution in [0.15, 0.2) is 0 Å². The number of piperidine rings is 1. The van der Waals surface area contributed by atoms with Gasteiger partial charge in [0.25, 0.3) is 0 Å². The molecule has 0 bridgehead atoms. The fourth-order valence-corrected chi connectivity index (χ4v) is 4.86. The van der Waals surface area contributed by atoms with Gasteiger partial charge in [0, 0.05) is 38.5 Å². The summed E-state index contributed by atoms with van der Waals surface area (Å²) in [6.45, 7) is 3.93. The largest absolute Gasteiger partial charge is 0.378 e. The smallest absolute Gasteiger partial charge is 0.224 e. The molecule has 0 aromatic carbocycles. The zero-order valence-electron chi connectivity index (χ0n) is 17.8. The normalized spacial score (nSPS) is 24.5. The van der Waals surface area contributed by atoms with Crippen LogP contribution in [0.3, 0.4) is 0 Å². The maximum Gasteiger partial charge on any atom is 0.224 e. The number of nitrogens with one attached hydrogen (secondary N) is 1. The molecule has 1 N–H and O–H groups in total. The van der Waals surface area contributed by atoms with Crippen molar-refractivity contribution < 1.29 is 14.3 Å². The zero-order chi connectivity index (χ0) is 20.7. The number of rotatable bonds is 6. The number of morpholine rings is 1. The number of carbonyl (C=O) groups excluding carboxylic acids is 2. The molecule has 29 heavy (non-hydrogen) atoms. The van der Waals surface area contributed by atoms with Gasteiger partial charge >= 0.3 is 0 Å². The van der Waals surface area contributed by atoms with Crippen LogP contribution in [-0.2, 0) is 14.3 Å². The van der Waals surface area contributed by atoms with E-state index >= 15 is 0 Å². The number of hydrogen-bond acceptors (Lipinski definition) is 5. The number of ether oxygens (including phenoxy) is 1. The lowest BCUT2D eigenvalue weighted by atomic mass is 9.80. The van der Waals surface area contributed by atoms with Crippen LogP contribution in [0.25, 0.3) is 0 Å². The standard InChI is InChI=1S/C22H36N4O3/c1-25-9-7-22(17-23,8-10-25)24-21(28)19(15-18-5-3-2-4-6-18)16-20(27)26-11-13-29-14-12-26/h18-19H,2-16H2,1H3,(H,24,28)/t19-/m1/s1. The van der Waals surface area contributed by atoms with E-state index in [4.69, 9.17) is 4.74 Å². The van der Waals surface area contributed by atoms with Gasteiger partial charge in [-0.2, -0.15) is 5.26 Å². The molecule has 0 spiro atoms. The lowest BCUT2D eigenvalue weighted by Gasteiger charge is -2.37. The predicted molar refractivity (Wildman–Crippen MR) is 110 cm³/mol. The summed E-state index contributed by atoms with van der Waals surface area (Å²) in [6.07, 6.45) is 8.25. The predicted octanol–water partition coefficient (Wildman–Crippen LogP) is 1.93. The molecule has 1 atom stereocenters. The molecule has 0 unspecified atom stereocenters. The molecule has 2 aliphatic heterocycles. The summed E-state index contributed by atoms with van der Waals surface area (Å²) in [7, 11) is 2.04. The summed E-state index contributed by atoms with van der Waals surface area (Å²) in [6, 6.07) is 2.37. The molecule has 2 heterocycles. The fraction of sp³-hybridized carbons (Fsp3) is 0.864. The van der Waals surface area contributed by atoms with Crippen molar-refractivity contribution >= 4 is 11.8 Å². The Kier molecular flexibility index (Phi) is 7.91. The van der Waals surface area contributed by atoms with Crippen LogP contribution in [-0.4, -0.2) is 73.6 Å². The minimum Gasteiger partial charge on any atom is -0.378 e. The first kappa shape index (κ1) is 22.0.